The average Bonchev–Trinajstić information content (AvgIpc) is 2.98. The first kappa shape index (κ1) is 21.9. The number of nitrogens with zero attached hydrogens (tertiary/aromatic N) is 3. The van der Waals surface area contributed by atoms with Crippen LogP contribution in [0.2, 0.25) is 0 Å². The molecule has 2 aliphatic heterocycles. The van der Waals surface area contributed by atoms with E-state index in [2.05, 4.69) is 10.2 Å². The molecular weight excluding hydrogens is 412 g/mol. The predicted octanol–water partition coefficient (Wildman–Crippen LogP) is 1.52. The number of rotatable bonds is 4. The molecule has 2 aromatic rings. The van der Waals surface area contributed by atoms with E-state index >= 15 is 0 Å². The summed E-state index contributed by atoms with van der Waals surface area (Å²) in [6.07, 6.45) is 1.69. The van der Waals surface area contributed by atoms with Crippen molar-refractivity contribution in [3.8, 4) is 0 Å². The Bertz CT molecular complexity index is 1050. The summed E-state index contributed by atoms with van der Waals surface area (Å²) >= 11 is 0. The van der Waals surface area contributed by atoms with Crippen LogP contribution in [0, 0.1) is 5.92 Å². The van der Waals surface area contributed by atoms with E-state index in [0.29, 0.717) is 44.4 Å². The summed E-state index contributed by atoms with van der Waals surface area (Å²) in [7, 11) is 0. The number of hydrogen-bond acceptors (Lipinski definition) is 5. The van der Waals surface area contributed by atoms with Gasteiger partial charge in [0.25, 0.3) is 0 Å². The van der Waals surface area contributed by atoms with Crippen LogP contribution in [0.15, 0.2) is 23.0 Å². The van der Waals surface area contributed by atoms with Crippen molar-refractivity contribution in [3.05, 3.63) is 28.7 Å². The Labute approximate surface area is 179 Å². The summed E-state index contributed by atoms with van der Waals surface area (Å²) in [4.78, 5) is 50.2. The molecule has 1 atom stereocenters. The van der Waals surface area contributed by atoms with E-state index in [9.17, 15) is 24.3 Å². The topological polar surface area (TPSA) is 114 Å². The molecule has 0 aliphatic carbocycles. The van der Waals surface area contributed by atoms with Gasteiger partial charge in [0.2, 0.25) is 11.8 Å². The van der Waals surface area contributed by atoms with Gasteiger partial charge in [-0.2, -0.15) is 0 Å². The van der Waals surface area contributed by atoms with Gasteiger partial charge in [-0.25, -0.2) is 4.79 Å². The first-order valence-corrected chi connectivity index (χ1v) is 9.97. The molecule has 2 amide bonds. The van der Waals surface area contributed by atoms with Gasteiger partial charge in [0.1, 0.15) is 6.04 Å². The molecule has 30 heavy (non-hydrogen) atoms. The number of fused-ring (bicyclic) bond motifs is 1. The van der Waals surface area contributed by atoms with E-state index in [4.69, 9.17) is 0 Å². The zero-order valence-corrected chi connectivity index (χ0v) is 17.5. The molecule has 2 saturated heterocycles. The number of anilines is 1. The largest absolute Gasteiger partial charge is 0.481 e. The molecule has 1 unspecified atom stereocenters. The van der Waals surface area contributed by atoms with Crippen molar-refractivity contribution in [2.75, 3.05) is 18.0 Å². The maximum absolute atomic E-state index is 13.0. The lowest BCUT2D eigenvalue weighted by molar-refractivity contribution is -0.142. The smallest absolute Gasteiger partial charge is 0.329 e. The summed E-state index contributed by atoms with van der Waals surface area (Å²) in [6.45, 7) is 3.63. The van der Waals surface area contributed by atoms with Crippen molar-refractivity contribution in [2.24, 2.45) is 5.92 Å². The second-order valence-electron chi connectivity index (χ2n) is 7.64. The van der Waals surface area contributed by atoms with E-state index in [0.717, 1.165) is 11.2 Å². The van der Waals surface area contributed by atoms with Crippen LogP contribution in [0.4, 0.5) is 5.69 Å². The Morgan fingerprint density at radius 2 is 1.83 bits per heavy atom. The molecule has 0 saturated carbocycles. The Balaban J connectivity index is 0.00000256. The summed E-state index contributed by atoms with van der Waals surface area (Å²) in [5, 5.41) is 11.5. The molecule has 0 spiro atoms. The van der Waals surface area contributed by atoms with Gasteiger partial charge in [-0.1, -0.05) is 0 Å². The number of halogens is 1. The van der Waals surface area contributed by atoms with Crippen LogP contribution in [0.25, 0.3) is 11.0 Å². The fourth-order valence-electron chi connectivity index (χ4n) is 4.38. The normalized spacial score (nSPS) is 20.2. The maximum Gasteiger partial charge on any atom is 0.329 e. The van der Waals surface area contributed by atoms with Gasteiger partial charge in [-0.05, 0) is 44.4 Å². The van der Waals surface area contributed by atoms with Crippen LogP contribution in [0.3, 0.4) is 0 Å². The van der Waals surface area contributed by atoms with Crippen molar-refractivity contribution >= 4 is 46.9 Å². The number of carbonyl (C=O) groups excluding carboxylic acids is 2. The summed E-state index contributed by atoms with van der Waals surface area (Å²) in [5.41, 5.74) is 2.07. The van der Waals surface area contributed by atoms with E-state index in [-0.39, 0.29) is 36.3 Å². The lowest BCUT2D eigenvalue weighted by Gasteiger charge is -2.32. The molecule has 4 rings (SSSR count). The van der Waals surface area contributed by atoms with E-state index < -0.39 is 17.9 Å². The molecule has 0 radical (unpaired) electrons. The van der Waals surface area contributed by atoms with Crippen LogP contribution in [-0.4, -0.2) is 45.1 Å². The predicted molar refractivity (Wildman–Crippen MR) is 113 cm³/mol. The van der Waals surface area contributed by atoms with Crippen LogP contribution in [0.5, 0.6) is 0 Å². The van der Waals surface area contributed by atoms with Crippen LogP contribution >= 0.6 is 12.4 Å². The number of nitrogens with one attached hydrogen (secondary N) is 1. The molecule has 2 aliphatic rings. The Morgan fingerprint density at radius 1 is 1.13 bits per heavy atom. The zero-order chi connectivity index (χ0) is 20.7. The molecule has 10 heteroatoms. The number of benzene rings is 1. The van der Waals surface area contributed by atoms with Crippen molar-refractivity contribution in [3.63, 3.8) is 0 Å². The molecular formula is C20H25ClN4O5. The molecule has 0 bridgehead atoms. The minimum atomic E-state index is -0.749. The number of piperidine rings is 2. The van der Waals surface area contributed by atoms with Gasteiger partial charge in [0.05, 0.1) is 17.0 Å². The number of imidazole rings is 1. The van der Waals surface area contributed by atoms with E-state index in [1.807, 2.05) is 25.1 Å². The first-order valence-electron chi connectivity index (χ1n) is 9.97. The zero-order valence-electron chi connectivity index (χ0n) is 16.7. The molecule has 2 fully saturated rings. The van der Waals surface area contributed by atoms with Crippen molar-refractivity contribution in [2.45, 2.75) is 45.2 Å². The lowest BCUT2D eigenvalue weighted by Crippen LogP contribution is -2.44. The van der Waals surface area contributed by atoms with Crippen molar-refractivity contribution in [1.29, 1.82) is 0 Å². The SMILES string of the molecule is CCn1c(=O)n(C2CCC(=O)NC2=O)c2ccc(N3CCC(C(=O)O)CC3)cc21.Cl. The Morgan fingerprint density at radius 3 is 2.43 bits per heavy atom. The standard InChI is InChI=1S/C20H24N4O5.ClH/c1-2-23-16-11-13(22-9-7-12(8-10-22)19(27)28)3-4-14(16)24(20(23)29)15-5-6-17(25)21-18(15)26;/h3-4,11-12,15H,2,5-10H2,1H3,(H,27,28)(H,21,25,26);1H. The number of carbonyl (C=O) groups is 3. The summed E-state index contributed by atoms with van der Waals surface area (Å²) in [6, 6.07) is 4.98. The van der Waals surface area contributed by atoms with Crippen molar-refractivity contribution in [1.82, 2.24) is 14.5 Å². The van der Waals surface area contributed by atoms with Crippen LogP contribution in [0.1, 0.15) is 38.6 Å². The monoisotopic (exact) mass is 436 g/mol. The highest BCUT2D eigenvalue weighted by Gasteiger charge is 2.32. The minimum absolute atomic E-state index is 0. The Kier molecular flexibility index (Phi) is 6.21. The fourth-order valence-corrected chi connectivity index (χ4v) is 4.38. The van der Waals surface area contributed by atoms with Gasteiger partial charge in [-0.15, -0.1) is 12.4 Å². The number of aromatic nitrogens is 2. The Hall–Kier alpha value is -2.81. The molecule has 162 valence electrons. The third-order valence-corrected chi connectivity index (χ3v) is 5.99. The molecule has 1 aromatic heterocycles. The molecule has 2 N–H and O–H groups in total. The second-order valence-corrected chi connectivity index (χ2v) is 7.64. The highest BCUT2D eigenvalue weighted by atomic mass is 35.5. The molecule has 1 aromatic carbocycles. The molecule has 9 nitrogen and oxygen atoms in total. The third kappa shape index (κ3) is 3.69. The van der Waals surface area contributed by atoms with Gasteiger partial charge in [0.15, 0.2) is 0 Å². The first-order chi connectivity index (χ1) is 13.9. The van der Waals surface area contributed by atoms with Crippen molar-refractivity contribution < 1.29 is 19.5 Å². The van der Waals surface area contributed by atoms with Gasteiger partial charge < -0.3 is 10.0 Å². The number of hydrogen-bond donors (Lipinski definition) is 2. The summed E-state index contributed by atoms with van der Waals surface area (Å²) < 4.78 is 3.12. The number of amides is 2. The minimum Gasteiger partial charge on any atom is -0.481 e. The lowest BCUT2D eigenvalue weighted by atomic mass is 9.97. The number of imide groups is 1. The number of carboxylic acid groups (broad SMARTS) is 1. The highest BCUT2D eigenvalue weighted by Crippen LogP contribution is 2.29. The third-order valence-electron chi connectivity index (χ3n) is 5.99. The van der Waals surface area contributed by atoms with E-state index in [1.54, 1.807) is 4.57 Å². The number of carboxylic acids is 1. The van der Waals surface area contributed by atoms with Gasteiger partial charge >= 0.3 is 11.7 Å². The van der Waals surface area contributed by atoms with E-state index in [1.165, 1.54) is 4.57 Å². The van der Waals surface area contributed by atoms with Crippen LogP contribution in [-0.2, 0) is 20.9 Å². The van der Waals surface area contributed by atoms with Gasteiger partial charge in [0, 0.05) is 31.7 Å². The maximum atomic E-state index is 13.0. The highest BCUT2D eigenvalue weighted by molar-refractivity contribution is 6.00. The van der Waals surface area contributed by atoms with Crippen LogP contribution < -0.4 is 15.9 Å². The fraction of sp³-hybridized carbons (Fsp3) is 0.500. The quantitative estimate of drug-likeness (QED) is 0.702. The number of aliphatic carboxylic acids is 1. The number of aryl methyl sites for hydroxylation is 1. The average molecular weight is 437 g/mol. The second kappa shape index (κ2) is 8.51. The van der Waals surface area contributed by atoms with Gasteiger partial charge in [-0.3, -0.25) is 28.8 Å². The summed E-state index contributed by atoms with van der Waals surface area (Å²) in [5.74, 6) is -1.82. The molecule has 3 heterocycles.